The van der Waals surface area contributed by atoms with Gasteiger partial charge in [-0.05, 0) is 31.0 Å². The van der Waals surface area contributed by atoms with Crippen LogP contribution < -0.4 is 0 Å². The van der Waals surface area contributed by atoms with Crippen molar-refractivity contribution in [1.29, 1.82) is 0 Å². The van der Waals surface area contributed by atoms with E-state index in [9.17, 15) is 4.39 Å². The van der Waals surface area contributed by atoms with Gasteiger partial charge in [0.2, 0.25) is 0 Å². The summed E-state index contributed by atoms with van der Waals surface area (Å²) in [4.78, 5) is 0. The number of terminal acetylenes is 1. The van der Waals surface area contributed by atoms with E-state index < -0.39 is 0 Å². The summed E-state index contributed by atoms with van der Waals surface area (Å²) in [6, 6.07) is 6.88. The number of benzene rings is 1. The lowest BCUT2D eigenvalue weighted by Gasteiger charge is -2.11. The van der Waals surface area contributed by atoms with Crippen molar-refractivity contribution in [3.63, 3.8) is 0 Å². The van der Waals surface area contributed by atoms with E-state index in [0.29, 0.717) is 5.92 Å². The van der Waals surface area contributed by atoms with Crippen LogP contribution in [0.25, 0.3) is 0 Å². The van der Waals surface area contributed by atoms with Crippen LogP contribution in [0.5, 0.6) is 0 Å². The van der Waals surface area contributed by atoms with Gasteiger partial charge in [-0.1, -0.05) is 51.5 Å². The van der Waals surface area contributed by atoms with Gasteiger partial charge in [-0.25, -0.2) is 4.39 Å². The van der Waals surface area contributed by atoms with Crippen molar-refractivity contribution in [3.05, 3.63) is 47.8 Å². The maximum absolute atomic E-state index is 13.0. The Morgan fingerprint density at radius 1 is 1.28 bits per heavy atom. The lowest BCUT2D eigenvalue weighted by atomic mass is 9.94. The average Bonchev–Trinajstić information content (AvgIpc) is 2.43. The highest BCUT2D eigenvalue weighted by atomic mass is 19.1. The van der Waals surface area contributed by atoms with E-state index in [1.165, 1.54) is 6.07 Å². The molecule has 0 heterocycles. The average molecular weight is 248 g/mol. The maximum Gasteiger partial charge on any atom is 0.123 e. The second-order valence-corrected chi connectivity index (χ2v) is 3.48. The molecule has 0 aliphatic rings. The summed E-state index contributed by atoms with van der Waals surface area (Å²) in [6.45, 7) is 8.15. The molecule has 0 amide bonds. The summed E-state index contributed by atoms with van der Waals surface area (Å²) >= 11 is 0. The molecule has 0 N–H and O–H groups in total. The van der Waals surface area contributed by atoms with Crippen molar-refractivity contribution in [1.82, 2.24) is 0 Å². The summed E-state index contributed by atoms with van der Waals surface area (Å²) in [7, 11) is 0. The number of hydrogen-bond acceptors (Lipinski definition) is 0. The van der Waals surface area contributed by atoms with E-state index >= 15 is 0 Å². The Morgan fingerprint density at radius 2 is 1.89 bits per heavy atom. The monoisotopic (exact) mass is 248 g/mol. The Labute approximate surface area is 112 Å². The number of hydrogen-bond donors (Lipinski definition) is 0. The molecule has 0 nitrogen and oxygen atoms in total. The molecule has 0 bridgehead atoms. The fourth-order valence-electron chi connectivity index (χ4n) is 1.65. The third-order valence-corrected chi connectivity index (χ3v) is 2.30. The van der Waals surface area contributed by atoms with E-state index in [1.54, 1.807) is 12.1 Å². The molecule has 0 saturated heterocycles. The van der Waals surface area contributed by atoms with E-state index in [2.05, 4.69) is 25.8 Å². The standard InChI is InChI=1S/C13H17F.C2H6.C2H2/c1-3-6-11(7-4-2)12-8-5-9-13(14)10-12;2*1-2/h3,5-6,8-11H,4,7H2,1-2H3;1-2H3;1-2H/b6-3-;;/t11-;;/m1../s1. The quantitative estimate of drug-likeness (QED) is 0.483. The Morgan fingerprint density at radius 3 is 2.33 bits per heavy atom. The first kappa shape index (κ1) is 18.8. The molecule has 1 rings (SSSR count). The smallest absolute Gasteiger partial charge is 0.123 e. The highest BCUT2D eigenvalue weighted by molar-refractivity contribution is 5.24. The molecule has 0 aliphatic carbocycles. The van der Waals surface area contributed by atoms with Crippen LogP contribution in [0, 0.1) is 18.7 Å². The summed E-state index contributed by atoms with van der Waals surface area (Å²) in [5.41, 5.74) is 1.07. The fourth-order valence-corrected chi connectivity index (χ4v) is 1.65. The van der Waals surface area contributed by atoms with Crippen LogP contribution >= 0.6 is 0 Å². The highest BCUT2D eigenvalue weighted by Gasteiger charge is 2.06. The predicted molar refractivity (Wildman–Crippen MR) is 80.1 cm³/mol. The van der Waals surface area contributed by atoms with Gasteiger partial charge in [-0.3, -0.25) is 0 Å². The molecule has 100 valence electrons. The Bertz CT molecular complexity index is 336. The number of rotatable bonds is 4. The van der Waals surface area contributed by atoms with Gasteiger partial charge in [0.15, 0.2) is 0 Å². The molecular formula is C17H25F. The van der Waals surface area contributed by atoms with Crippen molar-refractivity contribution >= 4 is 0 Å². The molecule has 0 unspecified atom stereocenters. The molecule has 0 aliphatic heterocycles. The molecule has 1 aromatic carbocycles. The molecule has 18 heavy (non-hydrogen) atoms. The molecule has 1 aromatic rings. The maximum atomic E-state index is 13.0. The van der Waals surface area contributed by atoms with Crippen molar-refractivity contribution in [3.8, 4) is 12.8 Å². The first-order valence-corrected chi connectivity index (χ1v) is 6.49. The zero-order valence-corrected chi connectivity index (χ0v) is 12.0. The molecule has 0 saturated carbocycles. The molecular weight excluding hydrogens is 223 g/mol. The van der Waals surface area contributed by atoms with Gasteiger partial charge >= 0.3 is 0 Å². The predicted octanol–water partition coefficient (Wildman–Crippen LogP) is 5.56. The third-order valence-electron chi connectivity index (χ3n) is 2.30. The minimum absolute atomic E-state index is 0.145. The van der Waals surface area contributed by atoms with Gasteiger partial charge in [-0.2, -0.15) is 0 Å². The minimum Gasteiger partial charge on any atom is -0.207 e. The topological polar surface area (TPSA) is 0 Å². The summed E-state index contributed by atoms with van der Waals surface area (Å²) in [6.07, 6.45) is 14.4. The Kier molecular flexibility index (Phi) is 14.1. The van der Waals surface area contributed by atoms with Gasteiger partial charge in [-0.15, -0.1) is 12.8 Å². The van der Waals surface area contributed by atoms with E-state index in [-0.39, 0.29) is 5.82 Å². The van der Waals surface area contributed by atoms with Crippen molar-refractivity contribution < 1.29 is 4.39 Å². The first-order valence-electron chi connectivity index (χ1n) is 6.49. The van der Waals surface area contributed by atoms with Crippen LogP contribution in [0.15, 0.2) is 36.4 Å². The van der Waals surface area contributed by atoms with Gasteiger partial charge in [0.1, 0.15) is 5.82 Å². The van der Waals surface area contributed by atoms with E-state index in [1.807, 2.05) is 32.9 Å². The molecule has 0 aromatic heterocycles. The normalized spacial score (nSPS) is 10.8. The van der Waals surface area contributed by atoms with Crippen LogP contribution in [0.2, 0.25) is 0 Å². The molecule has 0 spiro atoms. The first-order chi connectivity index (χ1) is 8.77. The Balaban J connectivity index is 0. The lowest BCUT2D eigenvalue weighted by Crippen LogP contribution is -1.95. The molecule has 1 atom stereocenters. The van der Waals surface area contributed by atoms with Crippen LogP contribution in [-0.4, -0.2) is 0 Å². The Hall–Kier alpha value is -1.55. The van der Waals surface area contributed by atoms with E-state index in [4.69, 9.17) is 0 Å². The SMILES string of the molecule is C#C.C/C=C\[C@H](CCC)c1cccc(F)c1.CC. The minimum atomic E-state index is -0.145. The van der Waals surface area contributed by atoms with Crippen molar-refractivity contribution in [2.45, 2.75) is 46.5 Å². The summed E-state index contributed by atoms with van der Waals surface area (Å²) in [5, 5.41) is 0. The fraction of sp³-hybridized carbons (Fsp3) is 0.412. The van der Waals surface area contributed by atoms with Crippen molar-refractivity contribution in [2.24, 2.45) is 0 Å². The van der Waals surface area contributed by atoms with Gasteiger partial charge in [0.25, 0.3) is 0 Å². The molecule has 0 fully saturated rings. The highest BCUT2D eigenvalue weighted by Crippen LogP contribution is 2.23. The third kappa shape index (κ3) is 7.68. The zero-order chi connectivity index (χ0) is 14.4. The van der Waals surface area contributed by atoms with Crippen molar-refractivity contribution in [2.75, 3.05) is 0 Å². The largest absolute Gasteiger partial charge is 0.207 e. The second kappa shape index (κ2) is 13.5. The number of halogens is 1. The zero-order valence-electron chi connectivity index (χ0n) is 12.0. The van der Waals surface area contributed by atoms with Gasteiger partial charge in [0, 0.05) is 5.92 Å². The van der Waals surface area contributed by atoms with Crippen LogP contribution in [-0.2, 0) is 0 Å². The molecule has 1 heteroatoms. The number of allylic oxidation sites excluding steroid dienone is 2. The van der Waals surface area contributed by atoms with E-state index in [0.717, 1.165) is 18.4 Å². The van der Waals surface area contributed by atoms with Crippen LogP contribution in [0.4, 0.5) is 4.39 Å². The molecule has 0 radical (unpaired) electrons. The van der Waals surface area contributed by atoms with Crippen LogP contribution in [0.3, 0.4) is 0 Å². The summed E-state index contributed by atoms with van der Waals surface area (Å²) < 4.78 is 13.0. The van der Waals surface area contributed by atoms with Gasteiger partial charge in [0.05, 0.1) is 0 Å². The second-order valence-electron chi connectivity index (χ2n) is 3.48. The van der Waals surface area contributed by atoms with Gasteiger partial charge < -0.3 is 0 Å². The summed E-state index contributed by atoms with van der Waals surface area (Å²) in [5.74, 6) is 0.216. The lowest BCUT2D eigenvalue weighted by molar-refractivity contribution is 0.620. The van der Waals surface area contributed by atoms with Crippen LogP contribution in [0.1, 0.15) is 52.0 Å².